The highest BCUT2D eigenvalue weighted by Crippen LogP contribution is 2.31. The van der Waals surface area contributed by atoms with Crippen LogP contribution in [0.4, 0.5) is 17.1 Å². The van der Waals surface area contributed by atoms with Crippen molar-refractivity contribution in [3.05, 3.63) is 47.0 Å². The summed E-state index contributed by atoms with van der Waals surface area (Å²) < 4.78 is 5.30. The lowest BCUT2D eigenvalue weighted by molar-refractivity contribution is 0.411. The van der Waals surface area contributed by atoms with Crippen molar-refractivity contribution in [2.24, 2.45) is 0 Å². The normalized spacial score (nSPS) is 9.90. The van der Waals surface area contributed by atoms with Crippen LogP contribution in [-0.2, 0) is 0 Å². The zero-order chi connectivity index (χ0) is 14.7. The number of nitrogens with one attached hydrogen (secondary N) is 1. The molecule has 0 aliphatic rings. The van der Waals surface area contributed by atoms with Crippen molar-refractivity contribution < 1.29 is 4.74 Å². The lowest BCUT2D eigenvalue weighted by Gasteiger charge is -2.15. The number of hydrogen-bond acceptors (Lipinski definition) is 4. The van der Waals surface area contributed by atoms with Gasteiger partial charge in [-0.3, -0.25) is 0 Å². The Balaban J connectivity index is 2.41. The topological polar surface area (TPSA) is 71.1 Å². The van der Waals surface area contributed by atoms with E-state index in [-0.39, 0.29) is 0 Å². The standard InChI is InChI=1S/C16H17N3O/c1-10-11(2)16(20-3)7-6-14(10)19-15-8-12(9-17)4-5-13(15)18/h4-8,19H,18H2,1-3H3. The van der Waals surface area contributed by atoms with Gasteiger partial charge in [-0.15, -0.1) is 0 Å². The van der Waals surface area contributed by atoms with E-state index in [1.807, 2.05) is 26.0 Å². The Hall–Kier alpha value is -2.67. The molecule has 0 saturated heterocycles. The third-order valence-corrected chi connectivity index (χ3v) is 3.41. The summed E-state index contributed by atoms with van der Waals surface area (Å²) >= 11 is 0. The molecule has 0 bridgehead atoms. The summed E-state index contributed by atoms with van der Waals surface area (Å²) in [5, 5.41) is 12.2. The summed E-state index contributed by atoms with van der Waals surface area (Å²) in [6, 6.07) is 11.1. The summed E-state index contributed by atoms with van der Waals surface area (Å²) in [5.74, 6) is 0.854. The van der Waals surface area contributed by atoms with E-state index in [1.165, 1.54) is 0 Å². The Morgan fingerprint density at radius 2 is 1.85 bits per heavy atom. The molecule has 4 heteroatoms. The van der Waals surface area contributed by atoms with Crippen molar-refractivity contribution >= 4 is 17.1 Å². The Labute approximate surface area is 118 Å². The van der Waals surface area contributed by atoms with E-state index in [4.69, 9.17) is 15.7 Å². The number of ether oxygens (including phenoxy) is 1. The molecule has 2 rings (SSSR count). The first-order valence-electron chi connectivity index (χ1n) is 6.27. The van der Waals surface area contributed by atoms with Crippen LogP contribution in [0, 0.1) is 25.2 Å². The van der Waals surface area contributed by atoms with Crippen LogP contribution in [0.25, 0.3) is 0 Å². The summed E-state index contributed by atoms with van der Waals surface area (Å²) in [7, 11) is 1.66. The van der Waals surface area contributed by atoms with Crippen LogP contribution in [0.1, 0.15) is 16.7 Å². The van der Waals surface area contributed by atoms with E-state index in [1.54, 1.807) is 25.3 Å². The molecular weight excluding hydrogens is 250 g/mol. The number of nitrogens with two attached hydrogens (primary N) is 1. The molecule has 0 amide bonds. The second-order valence-corrected chi connectivity index (χ2v) is 4.60. The van der Waals surface area contributed by atoms with Gasteiger partial charge in [0.2, 0.25) is 0 Å². The molecule has 0 saturated carbocycles. The summed E-state index contributed by atoms with van der Waals surface area (Å²) in [6.45, 7) is 4.03. The van der Waals surface area contributed by atoms with Gasteiger partial charge in [-0.05, 0) is 55.3 Å². The second-order valence-electron chi connectivity index (χ2n) is 4.60. The lowest BCUT2D eigenvalue weighted by atomic mass is 10.1. The van der Waals surface area contributed by atoms with E-state index in [0.29, 0.717) is 11.3 Å². The van der Waals surface area contributed by atoms with Crippen LogP contribution in [0.15, 0.2) is 30.3 Å². The number of hydrogen-bond donors (Lipinski definition) is 2. The van der Waals surface area contributed by atoms with Crippen LogP contribution < -0.4 is 15.8 Å². The van der Waals surface area contributed by atoms with Gasteiger partial charge < -0.3 is 15.8 Å². The number of nitrogen functional groups attached to an aromatic ring is 1. The SMILES string of the molecule is COc1ccc(Nc2cc(C#N)ccc2N)c(C)c1C. The average molecular weight is 267 g/mol. The predicted octanol–water partition coefficient (Wildman–Crippen LogP) is 3.51. The van der Waals surface area contributed by atoms with Gasteiger partial charge in [-0.1, -0.05) is 0 Å². The van der Waals surface area contributed by atoms with Crippen LogP contribution in [0.2, 0.25) is 0 Å². The van der Waals surface area contributed by atoms with Gasteiger partial charge in [0, 0.05) is 5.69 Å². The first-order chi connectivity index (χ1) is 9.56. The second kappa shape index (κ2) is 5.54. The highest BCUT2D eigenvalue weighted by Gasteiger charge is 2.08. The maximum atomic E-state index is 8.95. The Kier molecular flexibility index (Phi) is 3.81. The quantitative estimate of drug-likeness (QED) is 0.835. The molecule has 2 aromatic rings. The molecule has 4 nitrogen and oxygen atoms in total. The molecule has 0 aromatic heterocycles. The summed E-state index contributed by atoms with van der Waals surface area (Å²) in [4.78, 5) is 0. The van der Waals surface area contributed by atoms with Gasteiger partial charge in [0.15, 0.2) is 0 Å². The lowest BCUT2D eigenvalue weighted by Crippen LogP contribution is -2.00. The molecule has 0 spiro atoms. The fraction of sp³-hybridized carbons (Fsp3) is 0.188. The largest absolute Gasteiger partial charge is 0.496 e. The predicted molar refractivity (Wildman–Crippen MR) is 81.3 cm³/mol. The number of rotatable bonds is 3. The Morgan fingerprint density at radius 3 is 2.50 bits per heavy atom. The third-order valence-electron chi connectivity index (χ3n) is 3.41. The monoisotopic (exact) mass is 267 g/mol. The fourth-order valence-electron chi connectivity index (χ4n) is 2.03. The Morgan fingerprint density at radius 1 is 1.10 bits per heavy atom. The van der Waals surface area contributed by atoms with E-state index in [2.05, 4.69) is 11.4 Å². The number of anilines is 3. The molecule has 2 aromatic carbocycles. The van der Waals surface area contributed by atoms with Gasteiger partial charge in [0.25, 0.3) is 0 Å². The molecule has 102 valence electrons. The van der Waals surface area contributed by atoms with E-state index in [9.17, 15) is 0 Å². The van der Waals surface area contributed by atoms with Gasteiger partial charge in [-0.25, -0.2) is 0 Å². The molecule has 0 fully saturated rings. The van der Waals surface area contributed by atoms with Gasteiger partial charge in [-0.2, -0.15) is 5.26 Å². The van der Waals surface area contributed by atoms with E-state index in [0.717, 1.165) is 28.3 Å². The van der Waals surface area contributed by atoms with Crippen LogP contribution in [0.5, 0.6) is 5.75 Å². The number of methoxy groups -OCH3 is 1. The van der Waals surface area contributed by atoms with Gasteiger partial charge in [0.1, 0.15) is 5.75 Å². The summed E-state index contributed by atoms with van der Waals surface area (Å²) in [5.41, 5.74) is 11.0. The molecule has 0 heterocycles. The minimum Gasteiger partial charge on any atom is -0.496 e. The maximum absolute atomic E-state index is 8.95. The third kappa shape index (κ3) is 2.52. The van der Waals surface area contributed by atoms with Crippen molar-refractivity contribution in [2.75, 3.05) is 18.2 Å². The molecule has 0 radical (unpaired) electrons. The van der Waals surface area contributed by atoms with Crippen molar-refractivity contribution in [1.29, 1.82) is 5.26 Å². The first kappa shape index (κ1) is 13.8. The fourth-order valence-corrected chi connectivity index (χ4v) is 2.03. The van der Waals surface area contributed by atoms with Crippen molar-refractivity contribution in [3.63, 3.8) is 0 Å². The smallest absolute Gasteiger partial charge is 0.122 e. The van der Waals surface area contributed by atoms with Crippen molar-refractivity contribution in [3.8, 4) is 11.8 Å². The van der Waals surface area contributed by atoms with Crippen LogP contribution >= 0.6 is 0 Å². The van der Waals surface area contributed by atoms with Gasteiger partial charge in [0.05, 0.1) is 30.1 Å². The number of nitrogens with zero attached hydrogens (tertiary/aromatic N) is 1. The molecule has 0 unspecified atom stereocenters. The highest BCUT2D eigenvalue weighted by atomic mass is 16.5. The minimum absolute atomic E-state index is 0.574. The minimum atomic E-state index is 0.574. The van der Waals surface area contributed by atoms with Crippen LogP contribution in [0.3, 0.4) is 0 Å². The highest BCUT2D eigenvalue weighted by molar-refractivity contribution is 5.76. The van der Waals surface area contributed by atoms with Gasteiger partial charge >= 0.3 is 0 Å². The van der Waals surface area contributed by atoms with Crippen molar-refractivity contribution in [2.45, 2.75) is 13.8 Å². The van der Waals surface area contributed by atoms with E-state index >= 15 is 0 Å². The van der Waals surface area contributed by atoms with Crippen molar-refractivity contribution in [1.82, 2.24) is 0 Å². The zero-order valence-corrected chi connectivity index (χ0v) is 11.8. The molecule has 20 heavy (non-hydrogen) atoms. The zero-order valence-electron chi connectivity index (χ0n) is 11.8. The molecule has 0 aliphatic carbocycles. The average Bonchev–Trinajstić information content (AvgIpc) is 2.46. The number of benzene rings is 2. The van der Waals surface area contributed by atoms with E-state index < -0.39 is 0 Å². The summed E-state index contributed by atoms with van der Waals surface area (Å²) in [6.07, 6.45) is 0. The molecule has 0 aliphatic heterocycles. The molecular formula is C16H17N3O. The van der Waals surface area contributed by atoms with Crippen LogP contribution in [-0.4, -0.2) is 7.11 Å². The maximum Gasteiger partial charge on any atom is 0.122 e. The first-order valence-corrected chi connectivity index (χ1v) is 6.27. The molecule has 3 N–H and O–H groups in total. The molecule has 0 atom stereocenters. The number of nitriles is 1. The Bertz CT molecular complexity index is 687.